The van der Waals surface area contributed by atoms with Gasteiger partial charge in [-0.05, 0) is 60.7 Å². The molecule has 0 saturated carbocycles. The number of carbonyl (C=O) groups excluding carboxylic acids is 2. The Morgan fingerprint density at radius 2 is 1.30 bits per heavy atom. The number of imidazole rings is 1. The van der Waals surface area contributed by atoms with E-state index in [1.165, 1.54) is 9.13 Å². The van der Waals surface area contributed by atoms with Crippen LogP contribution >= 0.6 is 34.9 Å². The molecule has 33 heavy (non-hydrogen) atoms. The van der Waals surface area contributed by atoms with Gasteiger partial charge < -0.3 is 0 Å². The van der Waals surface area contributed by atoms with Crippen molar-refractivity contribution >= 4 is 68.6 Å². The van der Waals surface area contributed by atoms with Crippen LogP contribution in [0.2, 0.25) is 10.0 Å². The average molecular weight is 497 g/mol. The van der Waals surface area contributed by atoms with Crippen LogP contribution in [0.25, 0.3) is 22.1 Å². The Labute approximate surface area is 201 Å². The molecule has 7 nitrogen and oxygen atoms in total. The van der Waals surface area contributed by atoms with Crippen molar-refractivity contribution in [1.29, 1.82) is 0 Å². The van der Waals surface area contributed by atoms with Crippen molar-refractivity contribution in [1.82, 2.24) is 17.9 Å². The number of halogens is 2. The van der Waals surface area contributed by atoms with Crippen LogP contribution in [0, 0.1) is 0 Å². The molecule has 0 atom stereocenters. The summed E-state index contributed by atoms with van der Waals surface area (Å²) in [5.74, 6) is -0.523. The zero-order valence-corrected chi connectivity index (χ0v) is 19.2. The molecule has 0 fully saturated rings. The van der Waals surface area contributed by atoms with Gasteiger partial charge >= 0.3 is 5.69 Å². The van der Waals surface area contributed by atoms with Gasteiger partial charge in [-0.1, -0.05) is 23.2 Å². The number of fused-ring (bicyclic) bond motifs is 3. The van der Waals surface area contributed by atoms with E-state index in [0.29, 0.717) is 43.2 Å². The summed E-state index contributed by atoms with van der Waals surface area (Å²) in [6.45, 7) is -0.405. The Morgan fingerprint density at radius 3 is 1.88 bits per heavy atom. The predicted octanol–water partition coefficient (Wildman–Crippen LogP) is 4.88. The van der Waals surface area contributed by atoms with Crippen molar-refractivity contribution < 1.29 is 9.59 Å². The van der Waals surface area contributed by atoms with E-state index in [9.17, 15) is 14.4 Å². The second kappa shape index (κ2) is 8.55. The monoisotopic (exact) mass is 496 g/mol. The number of rotatable bonds is 6. The van der Waals surface area contributed by atoms with Gasteiger partial charge in [0.1, 0.15) is 11.0 Å². The fourth-order valence-corrected chi connectivity index (χ4v) is 4.49. The molecule has 2 heterocycles. The lowest BCUT2D eigenvalue weighted by Crippen LogP contribution is -2.29. The van der Waals surface area contributed by atoms with Crippen molar-refractivity contribution in [2.45, 2.75) is 13.1 Å². The van der Waals surface area contributed by atoms with Crippen LogP contribution in [0.3, 0.4) is 0 Å². The molecule has 5 rings (SSSR count). The predicted molar refractivity (Wildman–Crippen MR) is 129 cm³/mol. The first-order valence-electron chi connectivity index (χ1n) is 9.84. The lowest BCUT2D eigenvalue weighted by Gasteiger charge is -2.04. The molecule has 0 aliphatic rings. The van der Waals surface area contributed by atoms with Crippen molar-refractivity contribution in [3.8, 4) is 0 Å². The Morgan fingerprint density at radius 1 is 0.758 bits per heavy atom. The van der Waals surface area contributed by atoms with Crippen LogP contribution in [0.4, 0.5) is 0 Å². The van der Waals surface area contributed by atoms with Crippen LogP contribution in [0.1, 0.15) is 20.7 Å². The summed E-state index contributed by atoms with van der Waals surface area (Å²) in [5, 5.41) is 1.02. The number of nitrogens with zero attached hydrogens (tertiary/aromatic N) is 4. The zero-order chi connectivity index (χ0) is 23.1. The topological polar surface area (TPSA) is 86.9 Å². The maximum atomic E-state index is 13.4. The highest BCUT2D eigenvalue weighted by atomic mass is 35.5. The van der Waals surface area contributed by atoms with E-state index in [1.807, 2.05) is 0 Å². The fraction of sp³-hybridized carbons (Fsp3) is 0.0870. The number of ketones is 2. The van der Waals surface area contributed by atoms with Crippen LogP contribution in [-0.4, -0.2) is 29.4 Å². The van der Waals surface area contributed by atoms with Gasteiger partial charge in [0.05, 0.1) is 35.9 Å². The number of Topliss-reactive ketones (excluding diaryl/α,β-unsaturated/α-hetero) is 2. The molecule has 164 valence electrons. The van der Waals surface area contributed by atoms with Crippen LogP contribution in [0.15, 0.2) is 65.5 Å². The molecule has 3 aromatic carbocycles. The fourth-order valence-electron chi connectivity index (χ4n) is 3.70. The summed E-state index contributed by atoms with van der Waals surface area (Å²) in [6, 6.07) is 16.4. The maximum absolute atomic E-state index is 13.4. The van der Waals surface area contributed by atoms with Crippen LogP contribution in [-0.2, 0) is 13.1 Å². The summed E-state index contributed by atoms with van der Waals surface area (Å²) in [4.78, 5) is 39.3. The first kappa shape index (κ1) is 21.5. The molecule has 0 spiro atoms. The molecule has 0 bridgehead atoms. The van der Waals surface area contributed by atoms with Gasteiger partial charge in [-0.3, -0.25) is 18.7 Å². The minimum Gasteiger partial charge on any atom is -0.292 e. The van der Waals surface area contributed by atoms with E-state index in [4.69, 9.17) is 23.2 Å². The summed E-state index contributed by atoms with van der Waals surface area (Å²) in [6.07, 6.45) is 0. The molecule has 0 saturated heterocycles. The molecule has 0 amide bonds. The van der Waals surface area contributed by atoms with E-state index in [0.717, 1.165) is 11.7 Å². The summed E-state index contributed by atoms with van der Waals surface area (Å²) < 4.78 is 11.3. The van der Waals surface area contributed by atoms with Gasteiger partial charge in [0, 0.05) is 21.2 Å². The smallest absolute Gasteiger partial charge is 0.292 e. The van der Waals surface area contributed by atoms with E-state index < -0.39 is 5.69 Å². The number of hydrogen-bond donors (Lipinski definition) is 0. The second-order valence-electron chi connectivity index (χ2n) is 7.38. The maximum Gasteiger partial charge on any atom is 0.330 e. The molecule has 0 aliphatic carbocycles. The highest BCUT2D eigenvalue weighted by Gasteiger charge is 2.22. The second-order valence-corrected chi connectivity index (χ2v) is 8.78. The number of hydrogen-bond acceptors (Lipinski definition) is 6. The lowest BCUT2D eigenvalue weighted by atomic mass is 10.1. The number of aromatic nitrogens is 4. The summed E-state index contributed by atoms with van der Waals surface area (Å²) >= 11 is 12.9. The minimum atomic E-state index is -0.477. The molecule has 10 heteroatoms. The van der Waals surface area contributed by atoms with Crippen LogP contribution in [0.5, 0.6) is 0 Å². The van der Waals surface area contributed by atoms with Crippen molar-refractivity contribution in [2.75, 3.05) is 0 Å². The third-order valence-corrected chi connectivity index (χ3v) is 6.38. The van der Waals surface area contributed by atoms with Gasteiger partial charge in [0.15, 0.2) is 11.6 Å². The minimum absolute atomic E-state index is 0.192. The average Bonchev–Trinajstić information content (AvgIpc) is 3.38. The quantitative estimate of drug-likeness (QED) is 0.312. The SMILES string of the molecule is O=C(Cn1c(=O)n(CC(=O)c2ccc(Cl)cc2)c2c3nsnc3ccc21)c1ccc(Cl)cc1. The molecule has 0 radical (unpaired) electrons. The molecule has 2 aromatic heterocycles. The molecule has 0 aliphatic heterocycles. The Kier molecular flexibility index (Phi) is 5.57. The Balaban J connectivity index is 1.61. The standard InChI is InChI=1S/C23H14Cl2N4O3S/c24-15-5-1-13(2-6-15)19(30)11-28-18-10-9-17-21(27-33-26-17)22(18)29(23(28)32)12-20(31)14-3-7-16(25)8-4-14/h1-10H,11-12H2. The molecule has 5 aromatic rings. The van der Waals surface area contributed by atoms with E-state index >= 15 is 0 Å². The number of benzene rings is 3. The van der Waals surface area contributed by atoms with Gasteiger partial charge in [-0.15, -0.1) is 0 Å². The number of carbonyl (C=O) groups is 2. The first-order chi connectivity index (χ1) is 15.9. The van der Waals surface area contributed by atoms with E-state index in [-0.39, 0.29) is 24.7 Å². The molecule has 0 N–H and O–H groups in total. The van der Waals surface area contributed by atoms with Gasteiger partial charge in [0.25, 0.3) is 0 Å². The van der Waals surface area contributed by atoms with E-state index in [1.54, 1.807) is 60.7 Å². The van der Waals surface area contributed by atoms with Gasteiger partial charge in [-0.25, -0.2) is 4.79 Å². The third kappa shape index (κ3) is 3.97. The molecule has 0 unspecified atom stereocenters. The summed E-state index contributed by atoms with van der Waals surface area (Å²) in [7, 11) is 0. The Hall–Kier alpha value is -3.33. The largest absolute Gasteiger partial charge is 0.330 e. The van der Waals surface area contributed by atoms with Crippen molar-refractivity contribution in [2.24, 2.45) is 0 Å². The Bertz CT molecular complexity index is 1580. The van der Waals surface area contributed by atoms with Crippen molar-refractivity contribution in [3.63, 3.8) is 0 Å². The normalized spacial score (nSPS) is 11.3. The highest BCUT2D eigenvalue weighted by Crippen LogP contribution is 2.24. The first-order valence-corrected chi connectivity index (χ1v) is 11.3. The van der Waals surface area contributed by atoms with Gasteiger partial charge in [-0.2, -0.15) is 8.75 Å². The molecular formula is C23H14Cl2N4O3S. The van der Waals surface area contributed by atoms with Crippen molar-refractivity contribution in [3.05, 3.63) is 92.3 Å². The third-order valence-electron chi connectivity index (χ3n) is 5.34. The lowest BCUT2D eigenvalue weighted by molar-refractivity contribution is 0.0970. The summed E-state index contributed by atoms with van der Waals surface area (Å²) in [5.41, 5.74) is 2.48. The zero-order valence-electron chi connectivity index (χ0n) is 16.9. The van der Waals surface area contributed by atoms with Crippen LogP contribution < -0.4 is 5.69 Å². The van der Waals surface area contributed by atoms with Gasteiger partial charge in [0.2, 0.25) is 0 Å². The highest BCUT2D eigenvalue weighted by molar-refractivity contribution is 7.00. The van der Waals surface area contributed by atoms with E-state index in [2.05, 4.69) is 8.75 Å². The molecular weight excluding hydrogens is 483 g/mol.